The molecule has 1 atom stereocenters. The Bertz CT molecular complexity index is 969. The maximum atomic E-state index is 12.8. The summed E-state index contributed by atoms with van der Waals surface area (Å²) in [5.41, 5.74) is 2.34. The van der Waals surface area contributed by atoms with Crippen molar-refractivity contribution in [2.45, 2.75) is 22.9 Å². The summed E-state index contributed by atoms with van der Waals surface area (Å²) in [6.07, 6.45) is 0.156. The minimum atomic E-state index is -0.467. The van der Waals surface area contributed by atoms with E-state index in [9.17, 15) is 9.59 Å². The van der Waals surface area contributed by atoms with E-state index in [1.54, 1.807) is 12.1 Å². The van der Waals surface area contributed by atoms with Crippen molar-refractivity contribution in [1.82, 2.24) is 4.98 Å². The first-order valence-electron chi connectivity index (χ1n) is 7.68. The van der Waals surface area contributed by atoms with Gasteiger partial charge in [-0.15, -0.1) is 11.3 Å². The highest BCUT2D eigenvalue weighted by Crippen LogP contribution is 2.39. The monoisotopic (exact) mass is 388 g/mol. The molecule has 0 bridgehead atoms. The van der Waals surface area contributed by atoms with Gasteiger partial charge in [0.15, 0.2) is 4.34 Å². The first-order chi connectivity index (χ1) is 12.0. The molecule has 0 radical (unpaired) electrons. The summed E-state index contributed by atoms with van der Waals surface area (Å²) < 4.78 is 1.87. The van der Waals surface area contributed by atoms with Crippen LogP contribution in [0.25, 0.3) is 10.2 Å². The van der Waals surface area contributed by atoms with Crippen LogP contribution < -0.4 is 4.90 Å². The van der Waals surface area contributed by atoms with Crippen LogP contribution in [0.4, 0.5) is 5.69 Å². The van der Waals surface area contributed by atoms with Crippen molar-refractivity contribution < 1.29 is 9.59 Å². The summed E-state index contributed by atoms with van der Waals surface area (Å²) in [6.45, 7) is 1.91. The molecule has 2 amide bonds. The van der Waals surface area contributed by atoms with Gasteiger partial charge in [0.1, 0.15) is 5.25 Å². The standard InChI is InChI=1S/C18H13ClN2O2S2/c1-10-6-7-13(11(19)8-10)21-16(22)9-15(17(21)23)25-18-20-12-4-2-3-5-14(12)24-18/h2-8,15H,9H2,1H3. The summed E-state index contributed by atoms with van der Waals surface area (Å²) in [7, 11) is 0. The third kappa shape index (κ3) is 3.05. The van der Waals surface area contributed by atoms with Crippen LogP contribution in [0.2, 0.25) is 5.02 Å². The molecule has 1 saturated heterocycles. The number of hydrogen-bond acceptors (Lipinski definition) is 5. The van der Waals surface area contributed by atoms with Crippen LogP contribution in [0.5, 0.6) is 0 Å². The molecule has 1 aliphatic rings. The number of nitrogens with zero attached hydrogens (tertiary/aromatic N) is 2. The highest BCUT2D eigenvalue weighted by Gasteiger charge is 2.41. The number of thiazole rings is 1. The van der Waals surface area contributed by atoms with Gasteiger partial charge in [0, 0.05) is 6.42 Å². The molecule has 4 rings (SSSR count). The zero-order valence-corrected chi connectivity index (χ0v) is 15.6. The predicted octanol–water partition coefficient (Wildman–Crippen LogP) is 4.68. The van der Waals surface area contributed by atoms with Gasteiger partial charge >= 0.3 is 0 Å². The van der Waals surface area contributed by atoms with E-state index in [-0.39, 0.29) is 18.2 Å². The maximum Gasteiger partial charge on any atom is 0.247 e. The molecule has 2 aromatic carbocycles. The molecule has 0 saturated carbocycles. The first kappa shape index (κ1) is 16.6. The number of anilines is 1. The molecule has 1 fully saturated rings. The number of carbonyl (C=O) groups is 2. The van der Waals surface area contributed by atoms with Gasteiger partial charge in [0.25, 0.3) is 0 Å². The Kier molecular flexibility index (Phi) is 4.27. The lowest BCUT2D eigenvalue weighted by Crippen LogP contribution is -2.31. The van der Waals surface area contributed by atoms with Gasteiger partial charge in [0.2, 0.25) is 11.8 Å². The lowest BCUT2D eigenvalue weighted by atomic mass is 10.2. The van der Waals surface area contributed by atoms with E-state index in [1.807, 2.05) is 37.3 Å². The molecular formula is C18H13ClN2O2S2. The number of hydrogen-bond donors (Lipinski definition) is 0. The third-order valence-electron chi connectivity index (χ3n) is 3.97. The highest BCUT2D eigenvalue weighted by molar-refractivity contribution is 8.02. The van der Waals surface area contributed by atoms with Gasteiger partial charge in [-0.3, -0.25) is 9.59 Å². The van der Waals surface area contributed by atoms with Crippen LogP contribution in [0.3, 0.4) is 0 Å². The molecule has 2 heterocycles. The van der Waals surface area contributed by atoms with Gasteiger partial charge in [-0.05, 0) is 36.8 Å². The fourth-order valence-corrected chi connectivity index (χ4v) is 5.42. The van der Waals surface area contributed by atoms with Crippen molar-refractivity contribution in [1.29, 1.82) is 0 Å². The highest BCUT2D eigenvalue weighted by atomic mass is 35.5. The van der Waals surface area contributed by atoms with E-state index in [1.165, 1.54) is 28.0 Å². The fourth-order valence-electron chi connectivity index (χ4n) is 2.77. The van der Waals surface area contributed by atoms with Crippen molar-refractivity contribution >= 4 is 62.4 Å². The second-order valence-electron chi connectivity index (χ2n) is 5.78. The third-order valence-corrected chi connectivity index (χ3v) is 6.58. The quantitative estimate of drug-likeness (QED) is 0.611. The van der Waals surface area contributed by atoms with E-state index in [4.69, 9.17) is 11.6 Å². The molecule has 4 nitrogen and oxygen atoms in total. The van der Waals surface area contributed by atoms with Gasteiger partial charge in [-0.2, -0.15) is 0 Å². The first-order valence-corrected chi connectivity index (χ1v) is 9.75. The van der Waals surface area contributed by atoms with E-state index < -0.39 is 5.25 Å². The van der Waals surface area contributed by atoms with Gasteiger partial charge < -0.3 is 0 Å². The molecule has 1 aromatic heterocycles. The topological polar surface area (TPSA) is 50.3 Å². The summed E-state index contributed by atoms with van der Waals surface area (Å²) in [5, 5.41) is -0.0576. The van der Waals surface area contributed by atoms with Crippen molar-refractivity contribution in [3.63, 3.8) is 0 Å². The Balaban J connectivity index is 1.60. The summed E-state index contributed by atoms with van der Waals surface area (Å²) >= 11 is 9.12. The molecule has 1 aliphatic heterocycles. The number of aromatic nitrogens is 1. The van der Waals surface area contributed by atoms with Crippen LogP contribution >= 0.6 is 34.7 Å². The number of benzene rings is 2. The molecule has 7 heteroatoms. The number of fused-ring (bicyclic) bond motifs is 1. The number of rotatable bonds is 3. The second kappa shape index (κ2) is 6.44. The van der Waals surface area contributed by atoms with Crippen molar-refractivity contribution in [2.24, 2.45) is 0 Å². The van der Waals surface area contributed by atoms with Crippen molar-refractivity contribution in [3.8, 4) is 0 Å². The lowest BCUT2D eigenvalue weighted by molar-refractivity contribution is -0.121. The molecule has 25 heavy (non-hydrogen) atoms. The summed E-state index contributed by atoms with van der Waals surface area (Å²) in [6, 6.07) is 13.1. The molecule has 0 N–H and O–H groups in total. The molecule has 1 unspecified atom stereocenters. The van der Waals surface area contributed by atoms with Crippen LogP contribution in [0.1, 0.15) is 12.0 Å². The number of thioether (sulfide) groups is 1. The number of para-hydroxylation sites is 1. The molecular weight excluding hydrogens is 376 g/mol. The summed E-state index contributed by atoms with van der Waals surface area (Å²) in [5.74, 6) is -0.464. The Morgan fingerprint density at radius 1 is 1.24 bits per heavy atom. The Morgan fingerprint density at radius 2 is 2.04 bits per heavy atom. The minimum Gasteiger partial charge on any atom is -0.274 e. The SMILES string of the molecule is Cc1ccc(N2C(=O)CC(Sc3nc4ccccc4s3)C2=O)c(Cl)c1. The normalized spacial score (nSPS) is 17.7. The van der Waals surface area contributed by atoms with Crippen LogP contribution in [0.15, 0.2) is 46.8 Å². The smallest absolute Gasteiger partial charge is 0.247 e. The zero-order valence-electron chi connectivity index (χ0n) is 13.2. The van der Waals surface area contributed by atoms with Crippen LogP contribution in [-0.4, -0.2) is 22.0 Å². The lowest BCUT2D eigenvalue weighted by Gasteiger charge is -2.16. The zero-order chi connectivity index (χ0) is 17.6. The minimum absolute atomic E-state index is 0.156. The average molecular weight is 389 g/mol. The second-order valence-corrected chi connectivity index (χ2v) is 8.67. The molecule has 126 valence electrons. The number of amides is 2. The molecule has 3 aromatic rings. The Labute approximate surface area is 157 Å². The largest absolute Gasteiger partial charge is 0.274 e. The van der Waals surface area contributed by atoms with E-state index in [2.05, 4.69) is 4.98 Å². The van der Waals surface area contributed by atoms with E-state index >= 15 is 0 Å². The predicted molar refractivity (Wildman–Crippen MR) is 103 cm³/mol. The average Bonchev–Trinajstić information content (AvgIpc) is 3.09. The van der Waals surface area contributed by atoms with E-state index in [0.717, 1.165) is 20.1 Å². The number of halogens is 1. The van der Waals surface area contributed by atoms with Crippen molar-refractivity contribution in [3.05, 3.63) is 53.1 Å². The summed E-state index contributed by atoms with van der Waals surface area (Å²) in [4.78, 5) is 30.9. The Morgan fingerprint density at radius 3 is 2.80 bits per heavy atom. The van der Waals surface area contributed by atoms with Gasteiger partial charge in [0.05, 0.1) is 20.9 Å². The molecule has 0 spiro atoms. The van der Waals surface area contributed by atoms with Gasteiger partial charge in [-0.1, -0.05) is 41.6 Å². The van der Waals surface area contributed by atoms with Crippen LogP contribution in [0, 0.1) is 6.92 Å². The van der Waals surface area contributed by atoms with Crippen LogP contribution in [-0.2, 0) is 9.59 Å². The molecule has 0 aliphatic carbocycles. The number of carbonyl (C=O) groups excluding carboxylic acids is 2. The number of imide groups is 1. The van der Waals surface area contributed by atoms with Gasteiger partial charge in [-0.25, -0.2) is 9.88 Å². The Hall–Kier alpha value is -1.89. The van der Waals surface area contributed by atoms with E-state index in [0.29, 0.717) is 10.7 Å². The number of aryl methyl sites for hydroxylation is 1. The fraction of sp³-hybridized carbons (Fsp3) is 0.167. The van der Waals surface area contributed by atoms with Crippen molar-refractivity contribution in [2.75, 3.05) is 4.90 Å². The maximum absolute atomic E-state index is 12.8.